The van der Waals surface area contributed by atoms with Crippen LogP contribution in [0, 0.1) is 52.3 Å². The second-order valence-corrected chi connectivity index (χ2v) is 13.6. The van der Waals surface area contributed by atoms with Crippen molar-refractivity contribution in [2.24, 2.45) is 52.3 Å². The Hall–Kier alpha value is -0.830. The van der Waals surface area contributed by atoms with E-state index in [9.17, 15) is 9.90 Å². The van der Waals surface area contributed by atoms with Gasteiger partial charge in [0.1, 0.15) is 6.10 Å². The Labute approximate surface area is 209 Å². The minimum absolute atomic E-state index is 0.0863. The lowest BCUT2D eigenvalue weighted by Gasteiger charge is -2.58. The smallest absolute Gasteiger partial charge is 0.302 e. The normalized spacial score (nSPS) is 42.1. The van der Waals surface area contributed by atoms with E-state index in [1.807, 2.05) is 0 Å². The number of ether oxygens (including phenoxy) is 1. The number of allylic oxidation sites excluding steroid dienone is 1. The first kappa shape index (κ1) is 26.2. The Bertz CT molecular complexity index is 771. The lowest BCUT2D eigenvalue weighted by Crippen LogP contribution is -2.51. The van der Waals surface area contributed by atoms with Crippen LogP contribution in [-0.2, 0) is 9.53 Å². The number of carbonyl (C=O) groups excluding carboxylic acids is 1. The first-order valence-corrected chi connectivity index (χ1v) is 14.6. The number of hydrogen-bond acceptors (Lipinski definition) is 3. The van der Waals surface area contributed by atoms with Crippen molar-refractivity contribution in [1.29, 1.82) is 0 Å². The maximum atomic E-state index is 11.5. The third-order valence-electron chi connectivity index (χ3n) is 11.6. The Balaban J connectivity index is 1.47. The van der Waals surface area contributed by atoms with Crippen molar-refractivity contribution < 1.29 is 14.6 Å². The van der Waals surface area contributed by atoms with Crippen LogP contribution in [0.1, 0.15) is 113 Å². The van der Waals surface area contributed by atoms with Gasteiger partial charge in [0, 0.05) is 13.3 Å². The quantitative estimate of drug-likeness (QED) is 0.307. The topological polar surface area (TPSA) is 46.5 Å². The third-order valence-corrected chi connectivity index (χ3v) is 11.6. The number of fused-ring (bicyclic) bond motifs is 5. The minimum atomic E-state index is -0.162. The summed E-state index contributed by atoms with van der Waals surface area (Å²) < 4.78 is 5.62. The minimum Gasteiger partial charge on any atom is -0.462 e. The monoisotopic (exact) mass is 472 g/mol. The van der Waals surface area contributed by atoms with E-state index in [-0.39, 0.29) is 18.2 Å². The summed E-state index contributed by atoms with van der Waals surface area (Å²) >= 11 is 0. The van der Waals surface area contributed by atoms with Crippen molar-refractivity contribution >= 4 is 5.97 Å². The lowest BCUT2D eigenvalue weighted by atomic mass is 9.47. The molecule has 0 saturated heterocycles. The van der Waals surface area contributed by atoms with Gasteiger partial charge in [0.2, 0.25) is 0 Å². The second kappa shape index (κ2) is 9.91. The van der Waals surface area contributed by atoms with Crippen LogP contribution in [0.15, 0.2) is 11.6 Å². The van der Waals surface area contributed by atoms with Crippen molar-refractivity contribution in [3.8, 4) is 0 Å². The molecule has 0 bridgehead atoms. The Kier molecular flexibility index (Phi) is 7.65. The van der Waals surface area contributed by atoms with E-state index in [1.165, 1.54) is 38.5 Å². The average Bonchev–Trinajstić information content (AvgIpc) is 3.11. The number of rotatable bonds is 7. The van der Waals surface area contributed by atoms with Gasteiger partial charge in [0.25, 0.3) is 0 Å². The van der Waals surface area contributed by atoms with E-state index < -0.39 is 0 Å². The number of aliphatic hydroxyl groups excluding tert-OH is 1. The molecular formula is C31H52O3. The molecule has 4 aliphatic carbocycles. The van der Waals surface area contributed by atoms with Crippen LogP contribution in [0.3, 0.4) is 0 Å². The molecule has 4 aliphatic rings. The predicted molar refractivity (Wildman–Crippen MR) is 139 cm³/mol. The molecule has 1 unspecified atom stereocenters. The maximum absolute atomic E-state index is 11.5. The molecule has 1 N–H and O–H groups in total. The summed E-state index contributed by atoms with van der Waals surface area (Å²) in [6.45, 7) is 15.9. The van der Waals surface area contributed by atoms with Crippen LogP contribution in [0.5, 0.6) is 0 Å². The fourth-order valence-corrected chi connectivity index (χ4v) is 9.85. The van der Waals surface area contributed by atoms with Crippen LogP contribution < -0.4 is 0 Å². The fourth-order valence-electron chi connectivity index (χ4n) is 9.85. The predicted octanol–water partition coefficient (Wildman–Crippen LogP) is 7.57. The van der Waals surface area contributed by atoms with Crippen molar-refractivity contribution in [1.82, 2.24) is 0 Å². The van der Waals surface area contributed by atoms with E-state index in [0.29, 0.717) is 28.6 Å². The van der Waals surface area contributed by atoms with Gasteiger partial charge in [-0.05, 0) is 104 Å². The molecule has 0 aliphatic heterocycles. The number of aliphatic hydroxyl groups is 1. The first-order valence-electron chi connectivity index (χ1n) is 14.6. The van der Waals surface area contributed by atoms with Gasteiger partial charge in [0.05, 0.1) is 6.10 Å². The van der Waals surface area contributed by atoms with Crippen LogP contribution in [0.2, 0.25) is 0 Å². The lowest BCUT2D eigenvalue weighted by molar-refractivity contribution is -0.148. The average molecular weight is 473 g/mol. The highest BCUT2D eigenvalue weighted by Gasteiger charge is 2.59. The zero-order chi connectivity index (χ0) is 24.8. The van der Waals surface area contributed by atoms with Gasteiger partial charge < -0.3 is 9.84 Å². The molecule has 0 aromatic heterocycles. The highest BCUT2D eigenvalue weighted by molar-refractivity contribution is 5.66. The molecule has 3 fully saturated rings. The summed E-state index contributed by atoms with van der Waals surface area (Å²) in [5.74, 6) is 4.60. The van der Waals surface area contributed by atoms with Gasteiger partial charge in [-0.25, -0.2) is 0 Å². The first-order chi connectivity index (χ1) is 16.0. The van der Waals surface area contributed by atoms with Crippen LogP contribution in [-0.4, -0.2) is 23.3 Å². The van der Waals surface area contributed by atoms with Gasteiger partial charge in [-0.3, -0.25) is 4.79 Å². The molecule has 3 nitrogen and oxygen atoms in total. The zero-order valence-corrected chi connectivity index (χ0v) is 23.1. The Morgan fingerprint density at radius 2 is 1.85 bits per heavy atom. The summed E-state index contributed by atoms with van der Waals surface area (Å²) in [4.78, 5) is 11.5. The van der Waals surface area contributed by atoms with E-state index in [4.69, 9.17) is 4.74 Å². The summed E-state index contributed by atoms with van der Waals surface area (Å²) in [7, 11) is 0. The number of esters is 1. The van der Waals surface area contributed by atoms with Crippen LogP contribution >= 0.6 is 0 Å². The van der Waals surface area contributed by atoms with E-state index in [0.717, 1.165) is 49.4 Å². The van der Waals surface area contributed by atoms with Gasteiger partial charge in [-0.2, -0.15) is 0 Å². The summed E-state index contributed by atoms with van der Waals surface area (Å²) in [5, 5.41) is 11.1. The van der Waals surface area contributed by atoms with Gasteiger partial charge in [0.15, 0.2) is 0 Å². The standard InChI is InChI=1S/C31H52O3/c1-8-24(19(2)3)29(33)17-20(4)26-11-12-27-25-10-9-22-18-23(34-21(5)32)13-15-30(22,6)28(25)14-16-31(26,27)7/h9,19-20,23-29,33H,8,10-18H2,1-7H3/t20-,23+,24+,25+,26?,27+,28+,29-,30+,31-/m1/s1. The zero-order valence-electron chi connectivity index (χ0n) is 23.1. The molecule has 194 valence electrons. The molecule has 0 heterocycles. The second-order valence-electron chi connectivity index (χ2n) is 13.6. The molecule has 34 heavy (non-hydrogen) atoms. The number of hydrogen-bond donors (Lipinski definition) is 1. The van der Waals surface area contributed by atoms with Crippen LogP contribution in [0.25, 0.3) is 0 Å². The van der Waals surface area contributed by atoms with Crippen molar-refractivity contribution in [3.63, 3.8) is 0 Å². The largest absolute Gasteiger partial charge is 0.462 e. The molecular weight excluding hydrogens is 420 g/mol. The van der Waals surface area contributed by atoms with E-state index in [2.05, 4.69) is 47.6 Å². The van der Waals surface area contributed by atoms with Gasteiger partial charge in [-0.1, -0.05) is 59.6 Å². The third kappa shape index (κ3) is 4.53. The molecule has 3 saturated carbocycles. The number of carbonyl (C=O) groups is 1. The molecule has 4 rings (SSSR count). The van der Waals surface area contributed by atoms with Crippen molar-refractivity contribution in [2.75, 3.05) is 0 Å². The summed E-state index contributed by atoms with van der Waals surface area (Å²) in [6, 6.07) is 0. The van der Waals surface area contributed by atoms with Crippen molar-refractivity contribution in [3.05, 3.63) is 11.6 Å². The highest BCUT2D eigenvalue weighted by atomic mass is 16.5. The Morgan fingerprint density at radius 3 is 2.50 bits per heavy atom. The maximum Gasteiger partial charge on any atom is 0.302 e. The molecule has 0 aromatic rings. The molecule has 0 amide bonds. The molecule has 0 aromatic carbocycles. The van der Waals surface area contributed by atoms with Gasteiger partial charge in [-0.15, -0.1) is 0 Å². The van der Waals surface area contributed by atoms with Crippen LogP contribution in [0.4, 0.5) is 0 Å². The molecule has 3 heteroatoms. The Morgan fingerprint density at radius 1 is 1.12 bits per heavy atom. The van der Waals surface area contributed by atoms with Crippen molar-refractivity contribution in [2.45, 2.75) is 125 Å². The summed E-state index contributed by atoms with van der Waals surface area (Å²) in [5.41, 5.74) is 2.31. The van der Waals surface area contributed by atoms with E-state index in [1.54, 1.807) is 12.5 Å². The SMILES string of the molecule is CC[C@@H](C(C)C)[C@H](O)C[C@@H](C)C1CC[C@H]2[C@@H]3CC=C4C[C@@H](OC(C)=O)CC[C@]4(C)[C@H]3CC[C@]12C. The molecule has 10 atom stereocenters. The highest BCUT2D eigenvalue weighted by Crippen LogP contribution is 2.67. The fraction of sp³-hybridized carbons (Fsp3) is 0.903. The summed E-state index contributed by atoms with van der Waals surface area (Å²) in [6.07, 6.45) is 14.3. The molecule has 0 radical (unpaired) electrons. The molecule has 0 spiro atoms. The van der Waals surface area contributed by atoms with Gasteiger partial charge >= 0.3 is 5.97 Å². The van der Waals surface area contributed by atoms with E-state index >= 15 is 0 Å².